The lowest BCUT2D eigenvalue weighted by atomic mass is 10.3. The molecule has 0 bridgehead atoms. The summed E-state index contributed by atoms with van der Waals surface area (Å²) in [5.41, 5.74) is 1.49. The summed E-state index contributed by atoms with van der Waals surface area (Å²) in [6.07, 6.45) is 1.48. The van der Waals surface area contributed by atoms with E-state index in [0.717, 1.165) is 5.52 Å². The number of aromatic nitrogens is 2. The Kier molecular flexibility index (Phi) is 4.08. The molecule has 0 unspecified atom stereocenters. The fraction of sp³-hybridized carbons (Fsp3) is 0.0714. The molecule has 0 aliphatic rings. The molecule has 0 aliphatic carbocycles. The van der Waals surface area contributed by atoms with E-state index in [1.165, 1.54) is 18.0 Å². The number of pyridine rings is 1. The summed E-state index contributed by atoms with van der Waals surface area (Å²) >= 11 is 6.96. The summed E-state index contributed by atoms with van der Waals surface area (Å²) in [4.78, 5) is 20.1. The summed E-state index contributed by atoms with van der Waals surface area (Å²) in [5.74, 6) is 0.469. The Morgan fingerprint density at radius 3 is 2.90 bits per heavy atom. The van der Waals surface area contributed by atoms with Crippen molar-refractivity contribution in [3.8, 4) is 0 Å². The van der Waals surface area contributed by atoms with Gasteiger partial charge in [0.2, 0.25) is 5.91 Å². The molecule has 21 heavy (non-hydrogen) atoms. The number of nitrogens with one attached hydrogen (secondary N) is 1. The van der Waals surface area contributed by atoms with Crippen LogP contribution in [0.3, 0.4) is 0 Å². The highest BCUT2D eigenvalue weighted by Gasteiger charge is 2.09. The molecule has 5 nitrogen and oxygen atoms in total. The van der Waals surface area contributed by atoms with E-state index in [1.807, 2.05) is 24.3 Å². The second-order valence-corrected chi connectivity index (χ2v) is 5.51. The molecule has 0 saturated heterocycles. The van der Waals surface area contributed by atoms with Crippen LogP contribution in [0.4, 0.5) is 5.82 Å². The molecule has 2 aromatic heterocycles. The number of fused-ring (bicyclic) bond motifs is 1. The highest BCUT2D eigenvalue weighted by atomic mass is 35.5. The number of anilines is 1. The van der Waals surface area contributed by atoms with Crippen LogP contribution in [0.2, 0.25) is 5.02 Å². The number of thioether (sulfide) groups is 1. The van der Waals surface area contributed by atoms with Crippen LogP contribution in [0.1, 0.15) is 0 Å². The number of halogens is 1. The van der Waals surface area contributed by atoms with Gasteiger partial charge in [-0.2, -0.15) is 0 Å². The lowest BCUT2D eigenvalue weighted by Gasteiger charge is -2.02. The van der Waals surface area contributed by atoms with Crippen molar-refractivity contribution >= 4 is 46.2 Å². The van der Waals surface area contributed by atoms with Crippen LogP contribution in [0.25, 0.3) is 11.1 Å². The quantitative estimate of drug-likeness (QED) is 0.744. The molecular weight excluding hydrogens is 310 g/mol. The minimum atomic E-state index is -0.183. The van der Waals surface area contributed by atoms with Crippen LogP contribution in [-0.4, -0.2) is 21.6 Å². The smallest absolute Gasteiger partial charge is 0.257 e. The zero-order valence-corrected chi connectivity index (χ0v) is 12.3. The molecule has 0 fully saturated rings. The number of carbonyl (C=O) groups is 1. The fourth-order valence-corrected chi connectivity index (χ4v) is 2.42. The average Bonchev–Trinajstić information content (AvgIpc) is 2.90. The third-order valence-corrected chi connectivity index (χ3v) is 3.65. The number of nitrogens with zero attached hydrogens (tertiary/aromatic N) is 2. The van der Waals surface area contributed by atoms with Gasteiger partial charge >= 0.3 is 0 Å². The van der Waals surface area contributed by atoms with Crippen molar-refractivity contribution in [2.24, 2.45) is 0 Å². The van der Waals surface area contributed by atoms with Crippen molar-refractivity contribution in [3.05, 3.63) is 47.6 Å². The molecule has 2 heterocycles. The largest absolute Gasteiger partial charge is 0.431 e. The van der Waals surface area contributed by atoms with Crippen LogP contribution < -0.4 is 5.32 Å². The molecule has 0 aliphatic heterocycles. The molecule has 3 rings (SSSR count). The second kappa shape index (κ2) is 6.15. The lowest BCUT2D eigenvalue weighted by Crippen LogP contribution is -2.14. The van der Waals surface area contributed by atoms with E-state index in [4.69, 9.17) is 16.0 Å². The summed E-state index contributed by atoms with van der Waals surface area (Å²) in [6, 6.07) is 10.8. The first kappa shape index (κ1) is 13.9. The molecule has 0 saturated carbocycles. The highest BCUT2D eigenvalue weighted by Crippen LogP contribution is 2.23. The van der Waals surface area contributed by atoms with E-state index in [2.05, 4.69) is 15.3 Å². The van der Waals surface area contributed by atoms with Gasteiger partial charge in [0.05, 0.1) is 10.8 Å². The SMILES string of the molecule is O=C(CSc1nc2ccccc2o1)Nc1ccc(Cl)cn1. The molecule has 1 N–H and O–H groups in total. The number of para-hydroxylation sites is 2. The maximum absolute atomic E-state index is 11.8. The third kappa shape index (κ3) is 3.53. The number of oxazole rings is 1. The number of benzene rings is 1. The highest BCUT2D eigenvalue weighted by molar-refractivity contribution is 7.99. The number of hydrogen-bond donors (Lipinski definition) is 1. The van der Waals surface area contributed by atoms with Gasteiger partial charge in [0.1, 0.15) is 11.3 Å². The zero-order chi connectivity index (χ0) is 14.7. The van der Waals surface area contributed by atoms with Crippen molar-refractivity contribution in [2.45, 2.75) is 5.22 Å². The van der Waals surface area contributed by atoms with Crippen molar-refractivity contribution < 1.29 is 9.21 Å². The molecule has 0 spiro atoms. The molecule has 1 aromatic carbocycles. The van der Waals surface area contributed by atoms with Gasteiger partial charge in [-0.1, -0.05) is 35.5 Å². The number of rotatable bonds is 4. The standard InChI is InChI=1S/C14H10ClN3O2S/c15-9-5-6-12(16-7-9)18-13(19)8-21-14-17-10-3-1-2-4-11(10)20-14/h1-7H,8H2,(H,16,18,19). The monoisotopic (exact) mass is 319 g/mol. The van der Waals surface area contributed by atoms with Gasteiger partial charge in [-0.25, -0.2) is 9.97 Å². The average molecular weight is 320 g/mol. The van der Waals surface area contributed by atoms with Crippen molar-refractivity contribution in [1.29, 1.82) is 0 Å². The third-order valence-electron chi connectivity index (χ3n) is 2.60. The van der Waals surface area contributed by atoms with Gasteiger partial charge in [0.25, 0.3) is 5.22 Å². The molecule has 0 atom stereocenters. The van der Waals surface area contributed by atoms with E-state index < -0.39 is 0 Å². The first-order valence-corrected chi connectivity index (χ1v) is 7.47. The van der Waals surface area contributed by atoms with Gasteiger partial charge in [-0.05, 0) is 24.3 Å². The first-order valence-electron chi connectivity index (χ1n) is 6.10. The molecule has 1 amide bonds. The van der Waals surface area contributed by atoms with Crippen molar-refractivity contribution in [2.75, 3.05) is 11.1 Å². The Bertz CT molecular complexity index is 740. The van der Waals surface area contributed by atoms with E-state index in [-0.39, 0.29) is 11.7 Å². The summed E-state index contributed by atoms with van der Waals surface area (Å²) in [7, 11) is 0. The normalized spacial score (nSPS) is 10.7. The Balaban J connectivity index is 1.59. The first-order chi connectivity index (χ1) is 10.2. The van der Waals surface area contributed by atoms with Crippen molar-refractivity contribution in [3.63, 3.8) is 0 Å². The van der Waals surface area contributed by atoms with Gasteiger partial charge in [-0.15, -0.1) is 0 Å². The molecule has 106 valence electrons. The maximum atomic E-state index is 11.8. The minimum Gasteiger partial charge on any atom is -0.431 e. The van der Waals surface area contributed by atoms with Crippen LogP contribution in [0.5, 0.6) is 0 Å². The van der Waals surface area contributed by atoms with E-state index in [1.54, 1.807) is 12.1 Å². The maximum Gasteiger partial charge on any atom is 0.257 e. The van der Waals surface area contributed by atoms with Crippen LogP contribution in [-0.2, 0) is 4.79 Å². The van der Waals surface area contributed by atoms with Gasteiger partial charge in [0, 0.05) is 6.20 Å². The van der Waals surface area contributed by atoms with Gasteiger partial charge in [-0.3, -0.25) is 4.79 Å². The van der Waals surface area contributed by atoms with Crippen molar-refractivity contribution in [1.82, 2.24) is 9.97 Å². The summed E-state index contributed by atoms with van der Waals surface area (Å²) in [6.45, 7) is 0. The van der Waals surface area contributed by atoms with Crippen LogP contribution in [0, 0.1) is 0 Å². The Morgan fingerprint density at radius 1 is 1.29 bits per heavy atom. The predicted molar refractivity (Wildman–Crippen MR) is 82.6 cm³/mol. The molecule has 0 radical (unpaired) electrons. The summed E-state index contributed by atoms with van der Waals surface area (Å²) < 4.78 is 5.52. The summed E-state index contributed by atoms with van der Waals surface area (Å²) in [5, 5.41) is 3.66. The Labute approximate surface area is 129 Å². The second-order valence-electron chi connectivity index (χ2n) is 4.15. The number of amides is 1. The molecular formula is C14H10ClN3O2S. The molecule has 3 aromatic rings. The van der Waals surface area contributed by atoms with Crippen LogP contribution in [0.15, 0.2) is 52.2 Å². The van der Waals surface area contributed by atoms with Gasteiger partial charge in [0.15, 0.2) is 5.58 Å². The van der Waals surface area contributed by atoms with E-state index >= 15 is 0 Å². The topological polar surface area (TPSA) is 68.0 Å². The van der Waals surface area contributed by atoms with E-state index in [0.29, 0.717) is 21.6 Å². The minimum absolute atomic E-state index is 0.183. The van der Waals surface area contributed by atoms with Gasteiger partial charge < -0.3 is 9.73 Å². The number of hydrogen-bond acceptors (Lipinski definition) is 5. The predicted octanol–water partition coefficient (Wildman–Crippen LogP) is 3.61. The number of carbonyl (C=O) groups excluding carboxylic acids is 1. The fourth-order valence-electron chi connectivity index (χ4n) is 1.67. The van der Waals surface area contributed by atoms with E-state index in [9.17, 15) is 4.79 Å². The Morgan fingerprint density at radius 2 is 2.14 bits per heavy atom. The van der Waals surface area contributed by atoms with Crippen LogP contribution >= 0.6 is 23.4 Å². The lowest BCUT2D eigenvalue weighted by molar-refractivity contribution is -0.113. The zero-order valence-electron chi connectivity index (χ0n) is 10.7. The Hall–Kier alpha value is -2.05. The molecule has 7 heteroatoms.